The van der Waals surface area contributed by atoms with Gasteiger partial charge >= 0.3 is 0 Å². The van der Waals surface area contributed by atoms with Crippen LogP contribution in [0.3, 0.4) is 0 Å². The van der Waals surface area contributed by atoms with Crippen molar-refractivity contribution >= 4 is 5.78 Å². The second kappa shape index (κ2) is 3.53. The van der Waals surface area contributed by atoms with Crippen LogP contribution < -0.4 is 5.32 Å². The summed E-state index contributed by atoms with van der Waals surface area (Å²) in [4.78, 5) is 16.2. The Balaban J connectivity index is 2.37. The first-order valence-electron chi connectivity index (χ1n) is 4.98. The first-order chi connectivity index (χ1) is 6.74. The Morgan fingerprint density at radius 2 is 2.43 bits per heavy atom. The molecule has 0 fully saturated rings. The Morgan fingerprint density at radius 3 is 3.14 bits per heavy atom. The molecule has 1 aliphatic heterocycles. The lowest BCUT2D eigenvalue weighted by Crippen LogP contribution is -2.21. The van der Waals surface area contributed by atoms with Crippen molar-refractivity contribution in [2.45, 2.75) is 26.3 Å². The molecule has 0 radical (unpaired) electrons. The maximum atomic E-state index is 11.8. The monoisotopic (exact) mass is 193 g/mol. The minimum absolute atomic E-state index is 0.144. The Kier molecular flexibility index (Phi) is 2.37. The van der Waals surface area contributed by atoms with E-state index in [1.165, 1.54) is 0 Å². The van der Waals surface area contributed by atoms with E-state index in [0.717, 1.165) is 36.6 Å². The number of aromatic nitrogens is 2. The van der Waals surface area contributed by atoms with Crippen molar-refractivity contribution in [2.75, 3.05) is 13.6 Å². The summed E-state index contributed by atoms with van der Waals surface area (Å²) in [7, 11) is 1.79. The quantitative estimate of drug-likeness (QED) is 0.713. The lowest BCUT2D eigenvalue weighted by atomic mass is 10.2. The molecule has 4 nitrogen and oxygen atoms in total. The predicted molar refractivity (Wildman–Crippen MR) is 53.5 cm³/mol. The van der Waals surface area contributed by atoms with Crippen molar-refractivity contribution in [1.82, 2.24) is 14.9 Å². The first-order valence-corrected chi connectivity index (χ1v) is 4.98. The van der Waals surface area contributed by atoms with Gasteiger partial charge in [-0.1, -0.05) is 0 Å². The number of carbonyl (C=O) groups excluding carboxylic acids is 1. The molecule has 14 heavy (non-hydrogen) atoms. The van der Waals surface area contributed by atoms with Crippen molar-refractivity contribution in [3.63, 3.8) is 0 Å². The fourth-order valence-corrected chi connectivity index (χ4v) is 2.05. The second-order valence-electron chi connectivity index (χ2n) is 3.67. The van der Waals surface area contributed by atoms with Gasteiger partial charge in [-0.25, -0.2) is 4.98 Å². The Labute approximate surface area is 83.3 Å². The number of hydrogen-bond acceptors (Lipinski definition) is 3. The topological polar surface area (TPSA) is 46.9 Å². The van der Waals surface area contributed by atoms with Crippen molar-refractivity contribution < 1.29 is 4.79 Å². The lowest BCUT2D eigenvalue weighted by molar-refractivity contribution is 0.0984. The van der Waals surface area contributed by atoms with Crippen molar-refractivity contribution in [3.05, 3.63) is 17.2 Å². The molecule has 0 unspecified atom stereocenters. The maximum absolute atomic E-state index is 11.8. The van der Waals surface area contributed by atoms with Crippen LogP contribution in [0.5, 0.6) is 0 Å². The van der Waals surface area contributed by atoms with Gasteiger partial charge in [0.15, 0.2) is 5.78 Å². The molecule has 4 heteroatoms. The molecule has 1 aromatic heterocycles. The molecule has 2 heterocycles. The fraction of sp³-hybridized carbons (Fsp3) is 0.600. The summed E-state index contributed by atoms with van der Waals surface area (Å²) in [6.07, 6.45) is 2.12. The maximum Gasteiger partial charge on any atom is 0.194 e. The Morgan fingerprint density at radius 1 is 1.64 bits per heavy atom. The zero-order chi connectivity index (χ0) is 10.1. The average Bonchev–Trinajstić information content (AvgIpc) is 2.63. The standard InChI is InChI=1S/C10H15N3O/c1-7-10(8(14)6-11-2)13-5-3-4-9(13)12-7/h11H,3-6H2,1-2H3. The van der Waals surface area contributed by atoms with Crippen molar-refractivity contribution in [1.29, 1.82) is 0 Å². The van der Waals surface area contributed by atoms with Gasteiger partial charge in [-0.3, -0.25) is 4.79 Å². The van der Waals surface area contributed by atoms with Gasteiger partial charge in [0, 0.05) is 13.0 Å². The molecule has 0 amide bonds. The van der Waals surface area contributed by atoms with Crippen LogP contribution in [-0.4, -0.2) is 28.9 Å². The molecule has 0 aromatic carbocycles. The van der Waals surface area contributed by atoms with E-state index in [1.807, 2.05) is 6.92 Å². The zero-order valence-electron chi connectivity index (χ0n) is 8.63. The number of nitrogens with one attached hydrogen (secondary N) is 1. The van der Waals surface area contributed by atoms with E-state index in [-0.39, 0.29) is 5.78 Å². The largest absolute Gasteiger partial charge is 0.325 e. The molecule has 0 spiro atoms. The van der Waals surface area contributed by atoms with E-state index in [1.54, 1.807) is 7.05 Å². The Bertz CT molecular complexity index is 368. The van der Waals surface area contributed by atoms with Crippen LogP contribution in [-0.2, 0) is 13.0 Å². The highest BCUT2D eigenvalue weighted by molar-refractivity contribution is 5.97. The molecule has 2 rings (SSSR count). The van der Waals surface area contributed by atoms with Crippen LogP contribution in [0.4, 0.5) is 0 Å². The smallest absolute Gasteiger partial charge is 0.194 e. The molecule has 0 aliphatic carbocycles. The minimum atomic E-state index is 0.144. The molecule has 1 N–H and O–H groups in total. The lowest BCUT2D eigenvalue weighted by Gasteiger charge is -2.04. The highest BCUT2D eigenvalue weighted by Gasteiger charge is 2.22. The number of carbonyl (C=O) groups is 1. The van der Waals surface area contributed by atoms with Gasteiger partial charge in [-0.15, -0.1) is 0 Å². The van der Waals surface area contributed by atoms with Crippen molar-refractivity contribution in [3.8, 4) is 0 Å². The van der Waals surface area contributed by atoms with Crippen LogP contribution >= 0.6 is 0 Å². The number of hydrogen-bond donors (Lipinski definition) is 1. The highest BCUT2D eigenvalue weighted by Crippen LogP contribution is 2.19. The summed E-state index contributed by atoms with van der Waals surface area (Å²) < 4.78 is 2.06. The number of Topliss-reactive ketones (excluding diaryl/α,β-unsaturated/α-hetero) is 1. The average molecular weight is 193 g/mol. The summed E-state index contributed by atoms with van der Waals surface area (Å²) in [6, 6.07) is 0. The zero-order valence-corrected chi connectivity index (χ0v) is 8.63. The van der Waals surface area contributed by atoms with E-state index in [0.29, 0.717) is 6.54 Å². The summed E-state index contributed by atoms with van der Waals surface area (Å²) >= 11 is 0. The number of ketones is 1. The highest BCUT2D eigenvalue weighted by atomic mass is 16.1. The molecular formula is C10H15N3O. The van der Waals surface area contributed by atoms with E-state index < -0.39 is 0 Å². The third-order valence-corrected chi connectivity index (χ3v) is 2.60. The third-order valence-electron chi connectivity index (χ3n) is 2.60. The number of likely N-dealkylation sites (N-methyl/N-ethyl adjacent to an activating group) is 1. The summed E-state index contributed by atoms with van der Waals surface area (Å²) in [5.74, 6) is 1.22. The number of imidazole rings is 1. The number of nitrogens with zero attached hydrogens (tertiary/aromatic N) is 2. The molecule has 0 saturated carbocycles. The SMILES string of the molecule is CNCC(=O)c1c(C)nc2n1CCC2. The first kappa shape index (κ1) is 9.40. The molecule has 1 aliphatic rings. The van der Waals surface area contributed by atoms with Gasteiger partial charge in [0.05, 0.1) is 12.2 Å². The van der Waals surface area contributed by atoms with Crippen LogP contribution in [0.2, 0.25) is 0 Å². The van der Waals surface area contributed by atoms with Gasteiger partial charge in [0.25, 0.3) is 0 Å². The van der Waals surface area contributed by atoms with E-state index in [2.05, 4.69) is 14.9 Å². The van der Waals surface area contributed by atoms with Gasteiger partial charge in [-0.2, -0.15) is 0 Å². The van der Waals surface area contributed by atoms with Gasteiger partial charge in [-0.05, 0) is 20.4 Å². The summed E-state index contributed by atoms with van der Waals surface area (Å²) in [5.41, 5.74) is 1.67. The van der Waals surface area contributed by atoms with Crippen LogP contribution in [0.1, 0.15) is 28.4 Å². The van der Waals surface area contributed by atoms with Crippen LogP contribution in [0.15, 0.2) is 0 Å². The summed E-state index contributed by atoms with van der Waals surface area (Å²) in [5, 5.41) is 2.88. The number of rotatable bonds is 3. The van der Waals surface area contributed by atoms with Gasteiger partial charge in [0.1, 0.15) is 11.5 Å². The molecular weight excluding hydrogens is 178 g/mol. The number of fused-ring (bicyclic) bond motifs is 1. The second-order valence-corrected chi connectivity index (χ2v) is 3.67. The van der Waals surface area contributed by atoms with Crippen LogP contribution in [0.25, 0.3) is 0 Å². The van der Waals surface area contributed by atoms with Gasteiger partial charge < -0.3 is 9.88 Å². The molecule has 0 saturated heterocycles. The minimum Gasteiger partial charge on any atom is -0.325 e. The predicted octanol–water partition coefficient (Wildman–Crippen LogP) is 0.540. The molecule has 0 atom stereocenters. The van der Waals surface area contributed by atoms with Gasteiger partial charge in [0.2, 0.25) is 0 Å². The number of aryl methyl sites for hydroxylation is 2. The normalized spacial score (nSPS) is 14.4. The molecule has 76 valence electrons. The van der Waals surface area contributed by atoms with E-state index in [4.69, 9.17) is 0 Å². The molecule has 1 aromatic rings. The van der Waals surface area contributed by atoms with E-state index in [9.17, 15) is 4.79 Å². The molecule has 0 bridgehead atoms. The summed E-state index contributed by atoms with van der Waals surface area (Å²) in [6.45, 7) is 3.25. The fourth-order valence-electron chi connectivity index (χ4n) is 2.05. The van der Waals surface area contributed by atoms with Crippen LogP contribution in [0, 0.1) is 6.92 Å². The van der Waals surface area contributed by atoms with E-state index >= 15 is 0 Å². The van der Waals surface area contributed by atoms with Crippen molar-refractivity contribution in [2.24, 2.45) is 0 Å². The Hall–Kier alpha value is -1.16. The third kappa shape index (κ3) is 1.35.